The molecular weight excluding hydrogens is 412 g/mol. The molecule has 0 spiro atoms. The SMILES string of the molecule is CCC1(OC(=O)C(C)(CC)CC(CC(C)(C)C(=O)O)C(=O)OCC2CCCO2)CCCC1. The van der Waals surface area contributed by atoms with Crippen molar-refractivity contribution in [1.29, 1.82) is 0 Å². The molecule has 0 aromatic carbocycles. The van der Waals surface area contributed by atoms with Crippen LogP contribution >= 0.6 is 0 Å². The number of carbonyl (C=O) groups is 3. The maximum Gasteiger partial charge on any atom is 0.312 e. The minimum absolute atomic E-state index is 0.0917. The maximum atomic E-state index is 13.3. The van der Waals surface area contributed by atoms with E-state index in [0.29, 0.717) is 13.0 Å². The maximum absolute atomic E-state index is 13.3. The molecule has 2 fully saturated rings. The number of ether oxygens (including phenoxy) is 3. The first-order chi connectivity index (χ1) is 15.0. The van der Waals surface area contributed by atoms with Crippen LogP contribution in [0.2, 0.25) is 0 Å². The van der Waals surface area contributed by atoms with E-state index in [4.69, 9.17) is 14.2 Å². The zero-order valence-electron chi connectivity index (χ0n) is 20.5. The minimum Gasteiger partial charge on any atom is -0.481 e. The summed E-state index contributed by atoms with van der Waals surface area (Å²) in [6.45, 7) is 9.80. The van der Waals surface area contributed by atoms with E-state index in [-0.39, 0.29) is 31.5 Å². The van der Waals surface area contributed by atoms with Crippen molar-refractivity contribution in [3.8, 4) is 0 Å². The Bertz CT molecular complexity index is 659. The van der Waals surface area contributed by atoms with Crippen molar-refractivity contribution in [2.75, 3.05) is 13.2 Å². The third-order valence-electron chi connectivity index (χ3n) is 7.54. The lowest BCUT2D eigenvalue weighted by molar-refractivity contribution is -0.174. The molecule has 1 N–H and O–H groups in total. The first-order valence-corrected chi connectivity index (χ1v) is 12.2. The van der Waals surface area contributed by atoms with E-state index in [1.807, 2.05) is 20.8 Å². The Kier molecular flexibility index (Phi) is 9.15. The molecule has 1 aliphatic heterocycles. The van der Waals surface area contributed by atoms with Crippen LogP contribution in [0, 0.1) is 16.7 Å². The first kappa shape index (κ1) is 26.6. The fraction of sp³-hybridized carbons (Fsp3) is 0.880. The van der Waals surface area contributed by atoms with Crippen molar-refractivity contribution < 1.29 is 33.7 Å². The van der Waals surface area contributed by atoms with Gasteiger partial charge in [0.25, 0.3) is 0 Å². The van der Waals surface area contributed by atoms with Gasteiger partial charge >= 0.3 is 17.9 Å². The molecule has 0 bridgehead atoms. The monoisotopic (exact) mass is 454 g/mol. The number of carboxylic acid groups (broad SMARTS) is 1. The molecule has 2 aliphatic rings. The second kappa shape index (κ2) is 11.0. The summed E-state index contributed by atoms with van der Waals surface area (Å²) in [5.74, 6) is -2.46. The Balaban J connectivity index is 2.16. The van der Waals surface area contributed by atoms with Crippen molar-refractivity contribution in [2.24, 2.45) is 16.7 Å². The summed E-state index contributed by atoms with van der Waals surface area (Å²) in [6.07, 6.45) is 7.07. The third kappa shape index (κ3) is 6.69. The van der Waals surface area contributed by atoms with Crippen molar-refractivity contribution in [1.82, 2.24) is 0 Å². The molecule has 3 unspecified atom stereocenters. The zero-order chi connectivity index (χ0) is 24.0. The summed E-state index contributed by atoms with van der Waals surface area (Å²) in [7, 11) is 0. The summed E-state index contributed by atoms with van der Waals surface area (Å²) in [5.41, 5.74) is -2.43. The molecule has 0 radical (unpaired) electrons. The number of aliphatic carboxylic acids is 1. The Morgan fingerprint density at radius 2 is 1.75 bits per heavy atom. The lowest BCUT2D eigenvalue weighted by Gasteiger charge is -2.36. The Morgan fingerprint density at radius 1 is 1.09 bits per heavy atom. The van der Waals surface area contributed by atoms with Crippen LogP contribution in [0.25, 0.3) is 0 Å². The predicted molar refractivity (Wildman–Crippen MR) is 120 cm³/mol. The van der Waals surface area contributed by atoms with Crippen molar-refractivity contribution in [3.63, 3.8) is 0 Å². The average molecular weight is 455 g/mol. The van der Waals surface area contributed by atoms with Gasteiger partial charge in [-0.1, -0.05) is 13.8 Å². The van der Waals surface area contributed by atoms with Gasteiger partial charge in [0.05, 0.1) is 22.9 Å². The topological polar surface area (TPSA) is 99.1 Å². The summed E-state index contributed by atoms with van der Waals surface area (Å²) in [6, 6.07) is 0. The van der Waals surface area contributed by atoms with E-state index in [1.54, 1.807) is 13.8 Å². The van der Waals surface area contributed by atoms with Gasteiger partial charge in [-0.2, -0.15) is 0 Å². The highest BCUT2D eigenvalue weighted by atomic mass is 16.6. The molecule has 0 amide bonds. The highest BCUT2D eigenvalue weighted by Crippen LogP contribution is 2.42. The highest BCUT2D eigenvalue weighted by Gasteiger charge is 2.45. The van der Waals surface area contributed by atoms with Gasteiger partial charge in [-0.3, -0.25) is 14.4 Å². The number of esters is 2. The molecular formula is C25H42O7. The molecule has 7 heteroatoms. The molecule has 2 rings (SSSR count). The zero-order valence-corrected chi connectivity index (χ0v) is 20.5. The molecule has 32 heavy (non-hydrogen) atoms. The van der Waals surface area contributed by atoms with Gasteiger partial charge in [0.15, 0.2) is 0 Å². The lowest BCUT2D eigenvalue weighted by Crippen LogP contribution is -2.42. The molecule has 7 nitrogen and oxygen atoms in total. The van der Waals surface area contributed by atoms with E-state index in [9.17, 15) is 19.5 Å². The first-order valence-electron chi connectivity index (χ1n) is 12.2. The Labute approximate surface area is 192 Å². The minimum atomic E-state index is -1.12. The second-order valence-corrected chi connectivity index (χ2v) is 10.6. The molecule has 1 saturated carbocycles. The van der Waals surface area contributed by atoms with Gasteiger partial charge in [-0.25, -0.2) is 0 Å². The molecule has 3 atom stereocenters. The van der Waals surface area contributed by atoms with Crippen molar-refractivity contribution in [3.05, 3.63) is 0 Å². The smallest absolute Gasteiger partial charge is 0.312 e. The number of carboxylic acids is 1. The van der Waals surface area contributed by atoms with Crippen molar-refractivity contribution >= 4 is 17.9 Å². The van der Waals surface area contributed by atoms with Crippen LogP contribution in [-0.2, 0) is 28.6 Å². The quantitative estimate of drug-likeness (QED) is 0.419. The second-order valence-electron chi connectivity index (χ2n) is 10.6. The van der Waals surface area contributed by atoms with E-state index in [1.165, 1.54) is 0 Å². The van der Waals surface area contributed by atoms with Gasteiger partial charge < -0.3 is 19.3 Å². The Morgan fingerprint density at radius 3 is 2.25 bits per heavy atom. The van der Waals surface area contributed by atoms with Gasteiger partial charge in [0, 0.05) is 6.61 Å². The molecule has 0 aromatic rings. The highest BCUT2D eigenvalue weighted by molar-refractivity contribution is 5.80. The number of hydrogen-bond acceptors (Lipinski definition) is 6. The summed E-state index contributed by atoms with van der Waals surface area (Å²) >= 11 is 0. The van der Waals surface area contributed by atoms with Gasteiger partial charge in [-0.15, -0.1) is 0 Å². The molecule has 0 aromatic heterocycles. The molecule has 1 aliphatic carbocycles. The summed E-state index contributed by atoms with van der Waals surface area (Å²) < 4.78 is 17.2. The number of rotatable bonds is 12. The fourth-order valence-electron chi connectivity index (χ4n) is 4.79. The molecule has 1 saturated heterocycles. The van der Waals surface area contributed by atoms with E-state index < -0.39 is 34.3 Å². The summed E-state index contributed by atoms with van der Waals surface area (Å²) in [4.78, 5) is 38.2. The largest absolute Gasteiger partial charge is 0.481 e. The number of hydrogen-bond donors (Lipinski definition) is 1. The van der Waals surface area contributed by atoms with Crippen LogP contribution in [0.3, 0.4) is 0 Å². The van der Waals surface area contributed by atoms with Crippen LogP contribution in [0.4, 0.5) is 0 Å². The fourth-order valence-corrected chi connectivity index (χ4v) is 4.79. The van der Waals surface area contributed by atoms with E-state index in [2.05, 4.69) is 0 Å². The van der Waals surface area contributed by atoms with Gasteiger partial charge in [0.1, 0.15) is 12.2 Å². The van der Waals surface area contributed by atoms with Crippen LogP contribution in [0.5, 0.6) is 0 Å². The third-order valence-corrected chi connectivity index (χ3v) is 7.54. The van der Waals surface area contributed by atoms with Crippen LogP contribution in [-0.4, -0.2) is 47.9 Å². The average Bonchev–Trinajstić information content (AvgIpc) is 3.43. The lowest BCUT2D eigenvalue weighted by atomic mass is 9.73. The standard InChI is InChI=1S/C25H42O7/c1-6-24(5,22(29)32-25(7-2)12-8-9-13-25)16-18(15-23(3,4)21(27)28)20(26)31-17-19-11-10-14-30-19/h18-19H,6-17H2,1-5H3,(H,27,28). The normalized spacial score (nSPS) is 23.3. The Hall–Kier alpha value is -1.63. The van der Waals surface area contributed by atoms with E-state index in [0.717, 1.165) is 44.9 Å². The van der Waals surface area contributed by atoms with E-state index >= 15 is 0 Å². The van der Waals surface area contributed by atoms with Gasteiger partial charge in [-0.05, 0) is 85.0 Å². The molecule has 184 valence electrons. The van der Waals surface area contributed by atoms with Crippen LogP contribution in [0.1, 0.15) is 98.8 Å². The van der Waals surface area contributed by atoms with Crippen LogP contribution in [0.15, 0.2) is 0 Å². The van der Waals surface area contributed by atoms with Gasteiger partial charge in [0.2, 0.25) is 0 Å². The van der Waals surface area contributed by atoms with Crippen molar-refractivity contribution in [2.45, 2.75) is 111 Å². The number of carbonyl (C=O) groups excluding carboxylic acids is 2. The summed E-state index contributed by atoms with van der Waals surface area (Å²) in [5, 5.41) is 9.63. The molecule has 1 heterocycles. The van der Waals surface area contributed by atoms with Crippen LogP contribution < -0.4 is 0 Å². The predicted octanol–water partition coefficient (Wildman–Crippen LogP) is 4.90.